The molecule has 0 radical (unpaired) electrons. The standard InChI is InChI=1S/C16H16N4O/c1-2-11-10-18-9-8-13(11)15-19-16(21-20-15)14(17)12-6-4-3-5-7-12/h3-10,14H,2,17H2,1H3/t14-/m1/s1. The summed E-state index contributed by atoms with van der Waals surface area (Å²) in [6.07, 6.45) is 4.40. The third-order valence-corrected chi connectivity index (χ3v) is 3.39. The van der Waals surface area contributed by atoms with Crippen LogP contribution in [0.5, 0.6) is 0 Å². The molecule has 3 rings (SSSR count). The zero-order chi connectivity index (χ0) is 14.7. The van der Waals surface area contributed by atoms with E-state index in [-0.39, 0.29) is 0 Å². The summed E-state index contributed by atoms with van der Waals surface area (Å²) < 4.78 is 5.33. The first kappa shape index (κ1) is 13.5. The van der Waals surface area contributed by atoms with Crippen LogP contribution < -0.4 is 5.73 Å². The van der Waals surface area contributed by atoms with Crippen LogP contribution >= 0.6 is 0 Å². The molecule has 0 saturated carbocycles. The molecule has 2 aromatic heterocycles. The van der Waals surface area contributed by atoms with E-state index in [4.69, 9.17) is 10.3 Å². The van der Waals surface area contributed by atoms with E-state index in [2.05, 4.69) is 22.0 Å². The van der Waals surface area contributed by atoms with Gasteiger partial charge in [-0.15, -0.1) is 0 Å². The van der Waals surface area contributed by atoms with Crippen LogP contribution in [0.2, 0.25) is 0 Å². The van der Waals surface area contributed by atoms with Gasteiger partial charge in [-0.2, -0.15) is 4.98 Å². The van der Waals surface area contributed by atoms with Gasteiger partial charge in [-0.3, -0.25) is 4.98 Å². The second-order valence-electron chi connectivity index (χ2n) is 4.73. The SMILES string of the molecule is CCc1cnccc1-c1noc([C@H](N)c2ccccc2)n1. The minimum absolute atomic E-state index is 0.412. The van der Waals surface area contributed by atoms with Crippen molar-refractivity contribution in [3.05, 3.63) is 65.8 Å². The summed E-state index contributed by atoms with van der Waals surface area (Å²) in [4.78, 5) is 8.56. The zero-order valence-corrected chi connectivity index (χ0v) is 11.7. The molecule has 0 unspecified atom stereocenters. The molecule has 106 valence electrons. The fraction of sp³-hybridized carbons (Fsp3) is 0.188. The minimum Gasteiger partial charge on any atom is -0.337 e. The van der Waals surface area contributed by atoms with Crippen LogP contribution in [0.25, 0.3) is 11.4 Å². The number of nitrogens with zero attached hydrogens (tertiary/aromatic N) is 3. The molecule has 1 atom stereocenters. The van der Waals surface area contributed by atoms with Gasteiger partial charge in [-0.1, -0.05) is 42.4 Å². The lowest BCUT2D eigenvalue weighted by Gasteiger charge is -2.05. The van der Waals surface area contributed by atoms with Crippen molar-refractivity contribution >= 4 is 0 Å². The highest BCUT2D eigenvalue weighted by molar-refractivity contribution is 5.58. The fourth-order valence-corrected chi connectivity index (χ4v) is 2.20. The van der Waals surface area contributed by atoms with Crippen molar-refractivity contribution in [3.63, 3.8) is 0 Å². The first-order valence-corrected chi connectivity index (χ1v) is 6.87. The summed E-state index contributed by atoms with van der Waals surface area (Å²) in [7, 11) is 0. The van der Waals surface area contributed by atoms with Crippen LogP contribution in [-0.4, -0.2) is 15.1 Å². The van der Waals surface area contributed by atoms with E-state index in [1.807, 2.05) is 42.6 Å². The zero-order valence-electron chi connectivity index (χ0n) is 11.7. The molecular formula is C16H16N4O. The van der Waals surface area contributed by atoms with Crippen molar-refractivity contribution in [1.82, 2.24) is 15.1 Å². The Bertz CT molecular complexity index is 724. The Labute approximate surface area is 122 Å². The number of hydrogen-bond donors (Lipinski definition) is 1. The highest BCUT2D eigenvalue weighted by Gasteiger charge is 2.18. The number of aromatic nitrogens is 3. The maximum absolute atomic E-state index is 6.17. The predicted octanol–water partition coefficient (Wildman–Crippen LogP) is 2.74. The molecule has 5 nitrogen and oxygen atoms in total. The van der Waals surface area contributed by atoms with Gasteiger partial charge < -0.3 is 10.3 Å². The largest absolute Gasteiger partial charge is 0.337 e. The lowest BCUT2D eigenvalue weighted by molar-refractivity contribution is 0.367. The summed E-state index contributed by atoms with van der Waals surface area (Å²) in [5, 5.41) is 4.05. The number of benzene rings is 1. The number of nitrogens with two attached hydrogens (primary N) is 1. The normalized spacial score (nSPS) is 12.3. The fourth-order valence-electron chi connectivity index (χ4n) is 2.20. The van der Waals surface area contributed by atoms with Gasteiger partial charge in [0.05, 0.1) is 0 Å². The Morgan fingerprint density at radius 3 is 2.76 bits per heavy atom. The van der Waals surface area contributed by atoms with E-state index in [0.717, 1.165) is 23.1 Å². The summed E-state index contributed by atoms with van der Waals surface area (Å²) in [6.45, 7) is 2.07. The van der Waals surface area contributed by atoms with Crippen LogP contribution in [-0.2, 0) is 6.42 Å². The molecule has 2 heterocycles. The summed E-state index contributed by atoms with van der Waals surface area (Å²) in [5.41, 5.74) is 9.13. The molecule has 5 heteroatoms. The molecule has 3 aromatic rings. The highest BCUT2D eigenvalue weighted by atomic mass is 16.5. The Morgan fingerprint density at radius 1 is 1.19 bits per heavy atom. The third-order valence-electron chi connectivity index (χ3n) is 3.39. The van der Waals surface area contributed by atoms with Crippen LogP contribution in [0.15, 0.2) is 53.3 Å². The molecule has 0 amide bonds. The van der Waals surface area contributed by atoms with Gasteiger partial charge in [0.1, 0.15) is 6.04 Å². The quantitative estimate of drug-likeness (QED) is 0.795. The van der Waals surface area contributed by atoms with Gasteiger partial charge in [-0.05, 0) is 23.6 Å². The van der Waals surface area contributed by atoms with Crippen LogP contribution in [0, 0.1) is 0 Å². The molecular weight excluding hydrogens is 264 g/mol. The van der Waals surface area contributed by atoms with Crippen molar-refractivity contribution in [3.8, 4) is 11.4 Å². The first-order valence-electron chi connectivity index (χ1n) is 6.87. The summed E-state index contributed by atoms with van der Waals surface area (Å²) >= 11 is 0. The summed E-state index contributed by atoms with van der Waals surface area (Å²) in [5.74, 6) is 0.964. The molecule has 0 aliphatic rings. The number of rotatable bonds is 4. The second kappa shape index (κ2) is 5.85. The molecule has 2 N–H and O–H groups in total. The molecule has 0 aliphatic carbocycles. The predicted molar refractivity (Wildman–Crippen MR) is 79.4 cm³/mol. The van der Waals surface area contributed by atoms with Gasteiger partial charge in [0, 0.05) is 18.0 Å². The van der Waals surface area contributed by atoms with Crippen LogP contribution in [0.1, 0.15) is 30.0 Å². The van der Waals surface area contributed by atoms with Gasteiger partial charge in [0.15, 0.2) is 0 Å². The van der Waals surface area contributed by atoms with E-state index >= 15 is 0 Å². The molecule has 0 fully saturated rings. The maximum Gasteiger partial charge on any atom is 0.248 e. The number of aryl methyl sites for hydroxylation is 1. The monoisotopic (exact) mass is 280 g/mol. The lowest BCUT2D eigenvalue weighted by atomic mass is 10.1. The van der Waals surface area contributed by atoms with Gasteiger partial charge in [-0.25, -0.2) is 0 Å². The average Bonchev–Trinajstić information content (AvgIpc) is 3.04. The van der Waals surface area contributed by atoms with Crippen LogP contribution in [0.4, 0.5) is 0 Å². The Balaban J connectivity index is 1.93. The molecule has 0 saturated heterocycles. The molecule has 0 aliphatic heterocycles. The number of pyridine rings is 1. The van der Waals surface area contributed by atoms with E-state index in [0.29, 0.717) is 11.7 Å². The van der Waals surface area contributed by atoms with Crippen molar-refractivity contribution in [1.29, 1.82) is 0 Å². The Hall–Kier alpha value is -2.53. The number of hydrogen-bond acceptors (Lipinski definition) is 5. The van der Waals surface area contributed by atoms with E-state index in [1.54, 1.807) is 6.20 Å². The lowest BCUT2D eigenvalue weighted by Crippen LogP contribution is -2.12. The molecule has 1 aromatic carbocycles. The van der Waals surface area contributed by atoms with E-state index in [1.165, 1.54) is 0 Å². The minimum atomic E-state index is -0.417. The molecule has 21 heavy (non-hydrogen) atoms. The maximum atomic E-state index is 6.17. The first-order chi connectivity index (χ1) is 10.3. The van der Waals surface area contributed by atoms with Gasteiger partial charge in [0.25, 0.3) is 0 Å². The Kier molecular flexibility index (Phi) is 3.75. The van der Waals surface area contributed by atoms with Crippen molar-refractivity contribution in [2.75, 3.05) is 0 Å². The molecule has 0 bridgehead atoms. The Morgan fingerprint density at radius 2 is 2.00 bits per heavy atom. The average molecular weight is 280 g/mol. The second-order valence-corrected chi connectivity index (χ2v) is 4.73. The highest BCUT2D eigenvalue weighted by Crippen LogP contribution is 2.24. The van der Waals surface area contributed by atoms with Gasteiger partial charge in [0.2, 0.25) is 11.7 Å². The van der Waals surface area contributed by atoms with Gasteiger partial charge >= 0.3 is 0 Å². The van der Waals surface area contributed by atoms with Crippen LogP contribution in [0.3, 0.4) is 0 Å². The summed E-state index contributed by atoms with van der Waals surface area (Å²) in [6, 6.07) is 11.2. The van der Waals surface area contributed by atoms with Crippen molar-refractivity contribution in [2.45, 2.75) is 19.4 Å². The van der Waals surface area contributed by atoms with Crippen molar-refractivity contribution in [2.24, 2.45) is 5.73 Å². The topological polar surface area (TPSA) is 77.8 Å². The van der Waals surface area contributed by atoms with E-state index < -0.39 is 6.04 Å². The molecule has 0 spiro atoms. The van der Waals surface area contributed by atoms with E-state index in [9.17, 15) is 0 Å². The smallest absolute Gasteiger partial charge is 0.248 e. The third kappa shape index (κ3) is 2.68. The van der Waals surface area contributed by atoms with Crippen molar-refractivity contribution < 1.29 is 4.52 Å².